The molecule has 0 bridgehead atoms. The van der Waals surface area contributed by atoms with E-state index in [-0.39, 0.29) is 19.1 Å². The molecule has 2 atom stereocenters. The molecular formula is C18H17Cl2NO3. The van der Waals surface area contributed by atoms with Crippen molar-refractivity contribution in [1.29, 1.82) is 0 Å². The predicted octanol–water partition coefficient (Wildman–Crippen LogP) is 3.78. The second kappa shape index (κ2) is 6.30. The van der Waals surface area contributed by atoms with E-state index in [2.05, 4.69) is 4.90 Å². The summed E-state index contributed by atoms with van der Waals surface area (Å²) >= 11 is 12.0. The number of aliphatic hydroxyl groups is 1. The molecule has 0 aromatic heterocycles. The van der Waals surface area contributed by atoms with Crippen molar-refractivity contribution >= 4 is 23.2 Å². The Morgan fingerprint density at radius 3 is 1.67 bits per heavy atom. The molecule has 0 aliphatic carbocycles. The molecule has 2 aliphatic heterocycles. The minimum Gasteiger partial charge on any atom is -0.394 e. The van der Waals surface area contributed by atoms with E-state index in [1.807, 2.05) is 48.5 Å². The number of aliphatic hydroxyl groups excluding tert-OH is 1. The van der Waals surface area contributed by atoms with Crippen LogP contribution in [0.2, 0.25) is 10.0 Å². The van der Waals surface area contributed by atoms with Crippen molar-refractivity contribution in [2.24, 2.45) is 0 Å². The molecule has 2 fully saturated rings. The maximum atomic E-state index is 10.0. The second-order valence-corrected chi connectivity index (χ2v) is 7.09. The van der Waals surface area contributed by atoms with Gasteiger partial charge in [0.1, 0.15) is 12.5 Å². The van der Waals surface area contributed by atoms with Crippen molar-refractivity contribution < 1.29 is 14.6 Å². The zero-order chi connectivity index (χ0) is 16.7. The lowest BCUT2D eigenvalue weighted by atomic mass is 10.0. The van der Waals surface area contributed by atoms with E-state index < -0.39 is 5.54 Å². The molecule has 4 nitrogen and oxygen atoms in total. The van der Waals surface area contributed by atoms with Gasteiger partial charge in [0.2, 0.25) is 0 Å². The van der Waals surface area contributed by atoms with Crippen LogP contribution in [0.15, 0.2) is 48.5 Å². The minimum absolute atomic E-state index is 0.0266. The highest BCUT2D eigenvalue weighted by atomic mass is 35.5. The highest BCUT2D eigenvalue weighted by molar-refractivity contribution is 6.30. The Bertz CT molecular complexity index is 663. The third kappa shape index (κ3) is 2.64. The highest BCUT2D eigenvalue weighted by Gasteiger charge is 2.56. The molecular weight excluding hydrogens is 349 g/mol. The third-order valence-electron chi connectivity index (χ3n) is 4.68. The van der Waals surface area contributed by atoms with Crippen LogP contribution in [0.5, 0.6) is 0 Å². The molecule has 4 rings (SSSR count). The van der Waals surface area contributed by atoms with Gasteiger partial charge in [-0.3, -0.25) is 0 Å². The summed E-state index contributed by atoms with van der Waals surface area (Å²) in [4.78, 5) is 2.11. The maximum absolute atomic E-state index is 10.0. The zero-order valence-corrected chi connectivity index (χ0v) is 14.4. The molecule has 0 saturated carbocycles. The summed E-state index contributed by atoms with van der Waals surface area (Å²) in [5.41, 5.74) is 1.44. The van der Waals surface area contributed by atoms with E-state index in [4.69, 9.17) is 32.7 Å². The molecule has 24 heavy (non-hydrogen) atoms. The molecule has 0 radical (unpaired) electrons. The van der Waals surface area contributed by atoms with Crippen LogP contribution in [0.1, 0.15) is 23.6 Å². The number of benzene rings is 2. The molecule has 6 heteroatoms. The lowest BCUT2D eigenvalue weighted by Gasteiger charge is -2.33. The van der Waals surface area contributed by atoms with Crippen LogP contribution < -0.4 is 0 Å². The fourth-order valence-corrected chi connectivity index (χ4v) is 3.63. The quantitative estimate of drug-likeness (QED) is 0.898. The SMILES string of the molecule is OCC12COC(c3ccc(Cl)cc3)N1C(c1ccc(Cl)cc1)OC2. The van der Waals surface area contributed by atoms with Crippen molar-refractivity contribution in [3.8, 4) is 0 Å². The van der Waals surface area contributed by atoms with Gasteiger partial charge < -0.3 is 14.6 Å². The van der Waals surface area contributed by atoms with Crippen LogP contribution in [0.25, 0.3) is 0 Å². The van der Waals surface area contributed by atoms with Gasteiger partial charge in [0.15, 0.2) is 0 Å². The fraction of sp³-hybridized carbons (Fsp3) is 0.333. The number of rotatable bonds is 3. The van der Waals surface area contributed by atoms with Crippen LogP contribution >= 0.6 is 23.2 Å². The first-order valence-corrected chi connectivity index (χ1v) is 8.52. The molecule has 2 aliphatic rings. The van der Waals surface area contributed by atoms with Crippen molar-refractivity contribution in [3.05, 3.63) is 69.7 Å². The van der Waals surface area contributed by atoms with Crippen molar-refractivity contribution in [2.75, 3.05) is 19.8 Å². The topological polar surface area (TPSA) is 41.9 Å². The Morgan fingerprint density at radius 1 is 0.875 bits per heavy atom. The second-order valence-electron chi connectivity index (χ2n) is 6.22. The summed E-state index contributed by atoms with van der Waals surface area (Å²) in [6.07, 6.45) is -0.588. The van der Waals surface area contributed by atoms with E-state index in [1.54, 1.807) is 0 Å². The van der Waals surface area contributed by atoms with Gasteiger partial charge >= 0.3 is 0 Å². The van der Waals surface area contributed by atoms with Gasteiger partial charge in [-0.1, -0.05) is 47.5 Å². The molecule has 0 amide bonds. The summed E-state index contributed by atoms with van der Waals surface area (Å²) in [6.45, 7) is 0.808. The fourth-order valence-electron chi connectivity index (χ4n) is 3.38. The van der Waals surface area contributed by atoms with Crippen molar-refractivity contribution in [1.82, 2.24) is 4.90 Å². The molecule has 0 spiro atoms. The zero-order valence-electron chi connectivity index (χ0n) is 12.9. The van der Waals surface area contributed by atoms with Gasteiger partial charge in [-0.25, -0.2) is 4.90 Å². The Kier molecular flexibility index (Phi) is 4.29. The largest absolute Gasteiger partial charge is 0.394 e. The monoisotopic (exact) mass is 365 g/mol. The molecule has 2 aromatic rings. The lowest BCUT2D eigenvalue weighted by molar-refractivity contribution is -0.0630. The van der Waals surface area contributed by atoms with Gasteiger partial charge in [0, 0.05) is 10.0 Å². The Hall–Kier alpha value is -1.14. The van der Waals surface area contributed by atoms with Crippen LogP contribution in [0.3, 0.4) is 0 Å². The van der Waals surface area contributed by atoms with Gasteiger partial charge in [-0.15, -0.1) is 0 Å². The van der Waals surface area contributed by atoms with Crippen molar-refractivity contribution in [2.45, 2.75) is 18.0 Å². The lowest BCUT2D eigenvalue weighted by Crippen LogP contribution is -2.47. The van der Waals surface area contributed by atoms with E-state index in [0.717, 1.165) is 11.1 Å². The Labute approximate surface area is 150 Å². The first-order valence-electron chi connectivity index (χ1n) is 7.76. The van der Waals surface area contributed by atoms with Gasteiger partial charge in [-0.2, -0.15) is 0 Å². The van der Waals surface area contributed by atoms with E-state index >= 15 is 0 Å². The number of hydrogen-bond acceptors (Lipinski definition) is 4. The predicted molar refractivity (Wildman–Crippen MR) is 91.9 cm³/mol. The van der Waals surface area contributed by atoms with Crippen LogP contribution in [0, 0.1) is 0 Å². The minimum atomic E-state index is -0.533. The number of hydrogen-bond donors (Lipinski definition) is 1. The highest BCUT2D eigenvalue weighted by Crippen LogP contribution is 2.48. The molecule has 2 unspecified atom stereocenters. The van der Waals surface area contributed by atoms with Gasteiger partial charge in [0.05, 0.1) is 25.4 Å². The Morgan fingerprint density at radius 2 is 1.29 bits per heavy atom. The summed E-state index contributed by atoms with van der Waals surface area (Å²) < 4.78 is 12.1. The maximum Gasteiger partial charge on any atom is 0.139 e. The van der Waals surface area contributed by atoms with E-state index in [0.29, 0.717) is 23.3 Å². The molecule has 2 heterocycles. The number of ether oxygens (including phenoxy) is 2. The summed E-state index contributed by atoms with van der Waals surface area (Å²) in [7, 11) is 0. The number of halogens is 2. The third-order valence-corrected chi connectivity index (χ3v) is 5.18. The van der Waals surface area contributed by atoms with Gasteiger partial charge in [-0.05, 0) is 35.4 Å². The normalized spacial score (nSPS) is 29.8. The average Bonchev–Trinajstić information content (AvgIpc) is 3.14. The molecule has 2 saturated heterocycles. The standard InChI is InChI=1S/C18H17Cl2NO3/c19-14-5-1-12(2-6-14)16-21-17(13-3-7-15(20)8-4-13)24-11-18(21,9-22)10-23-16/h1-8,16-17,22H,9-11H2. The van der Waals surface area contributed by atoms with E-state index in [1.165, 1.54) is 0 Å². The Balaban J connectivity index is 1.72. The van der Waals surface area contributed by atoms with Crippen molar-refractivity contribution in [3.63, 3.8) is 0 Å². The van der Waals surface area contributed by atoms with Crippen LogP contribution in [0.4, 0.5) is 0 Å². The first-order chi connectivity index (χ1) is 11.6. The van der Waals surface area contributed by atoms with Crippen LogP contribution in [-0.4, -0.2) is 35.4 Å². The average molecular weight is 366 g/mol. The summed E-state index contributed by atoms with van der Waals surface area (Å²) in [6, 6.07) is 15.1. The smallest absolute Gasteiger partial charge is 0.139 e. The summed E-state index contributed by atoms with van der Waals surface area (Å²) in [5, 5.41) is 11.4. The van der Waals surface area contributed by atoms with Gasteiger partial charge in [0.25, 0.3) is 0 Å². The van der Waals surface area contributed by atoms with Crippen LogP contribution in [-0.2, 0) is 9.47 Å². The number of fused-ring (bicyclic) bond motifs is 1. The molecule has 126 valence electrons. The molecule has 2 aromatic carbocycles. The number of nitrogens with zero attached hydrogens (tertiary/aromatic N) is 1. The van der Waals surface area contributed by atoms with E-state index in [9.17, 15) is 5.11 Å². The first kappa shape index (κ1) is 16.3. The molecule has 1 N–H and O–H groups in total. The summed E-state index contributed by atoms with van der Waals surface area (Å²) in [5.74, 6) is 0.